The number of esters is 2. The van der Waals surface area contributed by atoms with Crippen molar-refractivity contribution in [2.45, 2.75) is 91.9 Å². The predicted octanol–water partition coefficient (Wildman–Crippen LogP) is 6.62. The van der Waals surface area contributed by atoms with Gasteiger partial charge in [0.15, 0.2) is 5.11 Å². The minimum absolute atomic E-state index is 0.254. The summed E-state index contributed by atoms with van der Waals surface area (Å²) in [6, 6.07) is 0. The minimum atomic E-state index is -0.475. The first-order valence-electron chi connectivity index (χ1n) is 12.0. The fraction of sp³-hybridized carbons (Fsp3) is 0.708. The van der Waals surface area contributed by atoms with E-state index < -0.39 is 11.9 Å². The van der Waals surface area contributed by atoms with Crippen LogP contribution in [-0.4, -0.2) is 36.8 Å². The molecule has 1 aromatic heterocycles. The summed E-state index contributed by atoms with van der Waals surface area (Å²) in [5.41, 5.74) is 0.884. The van der Waals surface area contributed by atoms with E-state index in [1.165, 1.54) is 57.8 Å². The van der Waals surface area contributed by atoms with Crippen molar-refractivity contribution in [1.29, 1.82) is 0 Å². The van der Waals surface area contributed by atoms with Crippen molar-refractivity contribution in [3.05, 3.63) is 16.0 Å². The zero-order valence-electron chi connectivity index (χ0n) is 20.1. The summed E-state index contributed by atoms with van der Waals surface area (Å²) in [5.74, 6) is -0.922. The smallest absolute Gasteiger partial charge is 0.348 e. The first kappa shape index (κ1) is 28.4. The van der Waals surface area contributed by atoms with Gasteiger partial charge in [0.2, 0.25) is 0 Å². The molecule has 2 N–H and O–H groups in total. The first-order chi connectivity index (χ1) is 15.5. The molecular weight excluding hydrogens is 444 g/mol. The summed E-state index contributed by atoms with van der Waals surface area (Å²) in [4.78, 5) is 25.1. The number of ether oxygens (including phenoxy) is 2. The quantitative estimate of drug-likeness (QED) is 0.155. The summed E-state index contributed by atoms with van der Waals surface area (Å²) in [5, 5.41) is 7.21. The Morgan fingerprint density at radius 3 is 1.94 bits per heavy atom. The van der Waals surface area contributed by atoms with Gasteiger partial charge in [-0.15, -0.1) is 11.3 Å². The Labute approximate surface area is 202 Å². The van der Waals surface area contributed by atoms with Gasteiger partial charge in [-0.2, -0.15) is 0 Å². The molecule has 0 aromatic carbocycles. The van der Waals surface area contributed by atoms with Gasteiger partial charge in [-0.1, -0.05) is 64.7 Å². The van der Waals surface area contributed by atoms with E-state index in [9.17, 15) is 9.59 Å². The third kappa shape index (κ3) is 10.3. The zero-order chi connectivity index (χ0) is 23.8. The van der Waals surface area contributed by atoms with Crippen LogP contribution in [-0.2, 0) is 9.47 Å². The van der Waals surface area contributed by atoms with Gasteiger partial charge in [0.1, 0.15) is 9.88 Å². The van der Waals surface area contributed by atoms with E-state index in [-0.39, 0.29) is 13.2 Å². The van der Waals surface area contributed by atoms with Crippen LogP contribution in [0.15, 0.2) is 0 Å². The highest BCUT2D eigenvalue weighted by Gasteiger charge is 2.26. The van der Waals surface area contributed by atoms with Crippen molar-refractivity contribution in [2.24, 2.45) is 0 Å². The Morgan fingerprint density at radius 1 is 0.844 bits per heavy atom. The van der Waals surface area contributed by atoms with Crippen LogP contribution in [0.25, 0.3) is 0 Å². The molecule has 1 rings (SSSR count). The Bertz CT molecular complexity index is 719. The second-order valence-corrected chi connectivity index (χ2v) is 9.19. The summed E-state index contributed by atoms with van der Waals surface area (Å²) >= 11 is 6.56. The maximum atomic E-state index is 12.4. The fourth-order valence-corrected chi connectivity index (χ4v) is 4.77. The van der Waals surface area contributed by atoms with Crippen LogP contribution in [0.3, 0.4) is 0 Å². The Morgan fingerprint density at radius 2 is 1.38 bits per heavy atom. The number of hydrogen-bond donors (Lipinski definition) is 2. The van der Waals surface area contributed by atoms with Crippen molar-refractivity contribution in [1.82, 2.24) is 5.32 Å². The molecule has 0 aliphatic rings. The van der Waals surface area contributed by atoms with E-state index in [1.807, 2.05) is 0 Å². The number of thiocarbonyl (C=S) groups is 1. The van der Waals surface area contributed by atoms with Gasteiger partial charge in [0.05, 0.1) is 18.8 Å². The van der Waals surface area contributed by atoms with Crippen molar-refractivity contribution in [2.75, 3.05) is 25.1 Å². The molecule has 182 valence electrons. The first-order valence-corrected chi connectivity index (χ1v) is 13.2. The van der Waals surface area contributed by atoms with Crippen LogP contribution in [0.1, 0.15) is 111 Å². The summed E-state index contributed by atoms with van der Waals surface area (Å²) in [6.45, 7) is 8.76. The predicted molar refractivity (Wildman–Crippen MR) is 137 cm³/mol. The molecule has 6 nitrogen and oxygen atoms in total. The highest BCUT2D eigenvalue weighted by atomic mass is 32.1. The van der Waals surface area contributed by atoms with Gasteiger partial charge in [-0.3, -0.25) is 0 Å². The average molecular weight is 485 g/mol. The summed E-state index contributed by atoms with van der Waals surface area (Å²) in [6.07, 6.45) is 12.8. The molecule has 1 heterocycles. The average Bonchev–Trinajstić information content (AvgIpc) is 3.08. The van der Waals surface area contributed by atoms with Crippen molar-refractivity contribution in [3.8, 4) is 0 Å². The van der Waals surface area contributed by atoms with Gasteiger partial charge in [-0.25, -0.2) is 9.59 Å². The molecule has 8 heteroatoms. The highest BCUT2D eigenvalue weighted by molar-refractivity contribution is 7.80. The van der Waals surface area contributed by atoms with Gasteiger partial charge < -0.3 is 20.1 Å². The molecule has 32 heavy (non-hydrogen) atoms. The van der Waals surface area contributed by atoms with Crippen LogP contribution in [0.4, 0.5) is 5.00 Å². The lowest BCUT2D eigenvalue weighted by molar-refractivity contribution is 0.0527. The normalized spacial score (nSPS) is 10.6. The molecule has 0 aliphatic heterocycles. The molecule has 0 atom stereocenters. The molecule has 0 amide bonds. The van der Waals surface area contributed by atoms with Crippen molar-refractivity contribution < 1.29 is 19.1 Å². The lowest BCUT2D eigenvalue weighted by Gasteiger charge is -2.11. The van der Waals surface area contributed by atoms with Crippen LogP contribution in [0, 0.1) is 6.92 Å². The van der Waals surface area contributed by atoms with Crippen LogP contribution >= 0.6 is 23.6 Å². The number of carbonyl (C=O) groups is 2. The van der Waals surface area contributed by atoms with Gasteiger partial charge in [0, 0.05) is 6.54 Å². The zero-order valence-corrected chi connectivity index (χ0v) is 21.8. The van der Waals surface area contributed by atoms with Gasteiger partial charge in [-0.05, 0) is 45.0 Å². The van der Waals surface area contributed by atoms with E-state index in [2.05, 4.69) is 17.6 Å². The topological polar surface area (TPSA) is 76.7 Å². The molecule has 0 bridgehead atoms. The van der Waals surface area contributed by atoms with E-state index in [0.29, 0.717) is 26.1 Å². The molecule has 0 spiro atoms. The van der Waals surface area contributed by atoms with E-state index >= 15 is 0 Å². The maximum absolute atomic E-state index is 12.4. The molecule has 1 aromatic rings. The number of hydrogen-bond acceptors (Lipinski definition) is 6. The lowest BCUT2D eigenvalue weighted by Crippen LogP contribution is -2.29. The molecule has 0 unspecified atom stereocenters. The van der Waals surface area contributed by atoms with E-state index in [0.717, 1.165) is 24.3 Å². The number of anilines is 1. The second kappa shape index (κ2) is 16.9. The van der Waals surface area contributed by atoms with Crippen LogP contribution in [0.5, 0.6) is 0 Å². The monoisotopic (exact) mass is 484 g/mol. The van der Waals surface area contributed by atoms with Crippen molar-refractivity contribution >= 4 is 45.6 Å². The maximum Gasteiger partial charge on any atom is 0.348 e. The van der Waals surface area contributed by atoms with Crippen molar-refractivity contribution in [3.63, 3.8) is 0 Å². The minimum Gasteiger partial charge on any atom is -0.462 e. The van der Waals surface area contributed by atoms with E-state index in [1.54, 1.807) is 20.8 Å². The Hall–Kier alpha value is -1.67. The number of rotatable bonds is 16. The number of thiophene rings is 1. The molecule has 0 radical (unpaired) electrons. The summed E-state index contributed by atoms with van der Waals surface area (Å²) in [7, 11) is 0. The molecular formula is C24H40N2O4S2. The number of unbranched alkanes of at least 4 members (excludes halogenated alkanes) is 9. The fourth-order valence-electron chi connectivity index (χ4n) is 3.40. The van der Waals surface area contributed by atoms with Crippen LogP contribution < -0.4 is 10.6 Å². The SMILES string of the molecule is CCCCCCCCCCCCNC(=S)Nc1sc(C(=O)OCC)c(C)c1C(=O)OCC. The molecule has 0 fully saturated rings. The Kier molecular flexibility index (Phi) is 15.0. The third-order valence-electron chi connectivity index (χ3n) is 5.13. The number of carbonyl (C=O) groups excluding carboxylic acids is 2. The molecule has 0 saturated carbocycles. The largest absolute Gasteiger partial charge is 0.462 e. The lowest BCUT2D eigenvalue weighted by atomic mass is 10.1. The summed E-state index contributed by atoms with van der Waals surface area (Å²) < 4.78 is 10.3. The van der Waals surface area contributed by atoms with Crippen LogP contribution in [0.2, 0.25) is 0 Å². The highest BCUT2D eigenvalue weighted by Crippen LogP contribution is 2.34. The van der Waals surface area contributed by atoms with Gasteiger partial charge >= 0.3 is 11.9 Å². The molecule has 0 aliphatic carbocycles. The molecule has 0 saturated heterocycles. The third-order valence-corrected chi connectivity index (χ3v) is 6.56. The van der Waals surface area contributed by atoms with Gasteiger partial charge in [0.25, 0.3) is 0 Å². The Balaban J connectivity index is 2.46. The van der Waals surface area contributed by atoms with E-state index in [4.69, 9.17) is 21.7 Å². The number of nitrogens with one attached hydrogen (secondary N) is 2. The standard InChI is InChI=1S/C24H40N2O4S2/c1-5-8-9-10-11-12-13-14-15-16-17-25-24(31)26-21-19(22(27)29-6-2)18(4)20(32-21)23(28)30-7-3/h5-17H2,1-4H3,(H2,25,26,31). The second-order valence-electron chi connectivity index (χ2n) is 7.76.